The van der Waals surface area contributed by atoms with E-state index in [9.17, 15) is 10.1 Å². The molecule has 0 spiro atoms. The van der Waals surface area contributed by atoms with Gasteiger partial charge in [-0.15, -0.1) is 0 Å². The van der Waals surface area contributed by atoms with Crippen LogP contribution in [0, 0.1) is 16.7 Å². The Labute approximate surface area is 182 Å². The molecule has 1 atom stereocenters. The van der Waals surface area contributed by atoms with E-state index >= 15 is 0 Å². The molecule has 1 N–H and O–H groups in total. The van der Waals surface area contributed by atoms with Crippen molar-refractivity contribution in [2.24, 2.45) is 5.41 Å². The summed E-state index contributed by atoms with van der Waals surface area (Å²) in [5, 5.41) is 18.2. The van der Waals surface area contributed by atoms with Gasteiger partial charge < -0.3 is 10.1 Å². The summed E-state index contributed by atoms with van der Waals surface area (Å²) < 4.78 is 7.92. The van der Waals surface area contributed by atoms with Gasteiger partial charge in [-0.3, -0.25) is 4.79 Å². The fourth-order valence-electron chi connectivity index (χ4n) is 3.99. The highest BCUT2D eigenvalue weighted by Crippen LogP contribution is 2.34. The Kier molecular flexibility index (Phi) is 5.79. The summed E-state index contributed by atoms with van der Waals surface area (Å²) in [7, 11) is 0. The van der Waals surface area contributed by atoms with Crippen LogP contribution in [0.5, 0.6) is 0 Å². The maximum atomic E-state index is 12.4. The number of ether oxygens (including phenoxy) is 1. The molecule has 1 unspecified atom stereocenters. The van der Waals surface area contributed by atoms with E-state index in [0.717, 1.165) is 53.7 Å². The lowest BCUT2D eigenvalue weighted by molar-refractivity contribution is -0.117. The Balaban J connectivity index is 1.73. The van der Waals surface area contributed by atoms with Crippen LogP contribution in [-0.2, 0) is 9.53 Å². The fraction of sp³-hybridized carbons (Fsp3) is 0.400. The molecule has 160 valence electrons. The highest BCUT2D eigenvalue weighted by Gasteiger charge is 2.22. The molecule has 4 rings (SSSR count). The molecule has 1 saturated heterocycles. The number of nitrogens with one attached hydrogen (secondary N) is 1. The zero-order valence-electron chi connectivity index (χ0n) is 18.3. The molecule has 1 aromatic heterocycles. The van der Waals surface area contributed by atoms with Gasteiger partial charge in [0, 0.05) is 29.7 Å². The average Bonchev–Trinajstić information content (AvgIpc) is 3.12. The van der Waals surface area contributed by atoms with Crippen LogP contribution < -0.4 is 5.32 Å². The van der Waals surface area contributed by atoms with E-state index in [2.05, 4.69) is 11.4 Å². The molecule has 0 aliphatic carbocycles. The van der Waals surface area contributed by atoms with Gasteiger partial charge in [-0.05, 0) is 55.0 Å². The summed E-state index contributed by atoms with van der Waals surface area (Å²) in [5.41, 5.74) is 3.87. The molecule has 2 aromatic carbocycles. The number of nitriles is 1. The van der Waals surface area contributed by atoms with Crippen LogP contribution in [0.25, 0.3) is 22.2 Å². The lowest BCUT2D eigenvalue weighted by atomic mass is 9.92. The normalized spacial score (nSPS) is 16.8. The number of rotatable bonds is 4. The predicted octanol–water partition coefficient (Wildman–Crippen LogP) is 5.65. The molecule has 1 aliphatic heterocycles. The average molecular weight is 417 g/mol. The quantitative estimate of drug-likeness (QED) is 0.596. The number of carbonyl (C=O) groups excluding carboxylic acids is 1. The van der Waals surface area contributed by atoms with Gasteiger partial charge in [0.1, 0.15) is 5.69 Å². The summed E-state index contributed by atoms with van der Waals surface area (Å²) >= 11 is 0. The molecule has 1 aliphatic rings. The van der Waals surface area contributed by atoms with Crippen LogP contribution in [0.15, 0.2) is 42.5 Å². The zero-order valence-corrected chi connectivity index (χ0v) is 18.3. The Morgan fingerprint density at radius 2 is 2.10 bits per heavy atom. The third-order valence-electron chi connectivity index (χ3n) is 5.37. The summed E-state index contributed by atoms with van der Waals surface area (Å²) in [6, 6.07) is 15.6. The van der Waals surface area contributed by atoms with Crippen molar-refractivity contribution in [2.75, 3.05) is 11.9 Å². The monoisotopic (exact) mass is 416 g/mol. The Morgan fingerprint density at radius 3 is 2.81 bits per heavy atom. The van der Waals surface area contributed by atoms with E-state index in [4.69, 9.17) is 9.84 Å². The van der Waals surface area contributed by atoms with Crippen LogP contribution in [0.4, 0.5) is 5.69 Å². The number of aromatic nitrogens is 2. The number of benzene rings is 2. The number of carbonyl (C=O) groups is 1. The summed E-state index contributed by atoms with van der Waals surface area (Å²) in [4.78, 5) is 12.4. The van der Waals surface area contributed by atoms with Gasteiger partial charge in [0.15, 0.2) is 6.23 Å². The molecule has 3 aromatic rings. The van der Waals surface area contributed by atoms with E-state index in [1.165, 1.54) is 0 Å². The van der Waals surface area contributed by atoms with E-state index in [-0.39, 0.29) is 17.6 Å². The van der Waals surface area contributed by atoms with Gasteiger partial charge in [0.25, 0.3) is 0 Å². The third kappa shape index (κ3) is 4.78. The first-order chi connectivity index (χ1) is 14.8. The molecule has 1 fully saturated rings. The summed E-state index contributed by atoms with van der Waals surface area (Å²) in [5.74, 6) is -0.0117. The largest absolute Gasteiger partial charge is 0.356 e. The fourth-order valence-corrected chi connectivity index (χ4v) is 3.99. The van der Waals surface area contributed by atoms with Crippen LogP contribution >= 0.6 is 0 Å². The Hall–Kier alpha value is -3.17. The lowest BCUT2D eigenvalue weighted by Crippen LogP contribution is -2.19. The van der Waals surface area contributed by atoms with E-state index in [1.807, 2.05) is 67.9 Å². The highest BCUT2D eigenvalue weighted by molar-refractivity contribution is 5.96. The second-order valence-corrected chi connectivity index (χ2v) is 9.32. The number of hydrogen-bond acceptors (Lipinski definition) is 4. The number of anilines is 1. The standard InChI is InChI=1S/C25H28N4O2/c1-25(2,3)15-22(30)27-19-8-6-7-18(14-19)24-20-13-17(16-26)10-11-21(20)29(28-24)23-9-4-5-12-31-23/h6-8,10-11,13-14,23H,4-5,9,12,15H2,1-3H3,(H,27,30). The van der Waals surface area contributed by atoms with E-state index in [1.54, 1.807) is 0 Å². The maximum absolute atomic E-state index is 12.4. The maximum Gasteiger partial charge on any atom is 0.224 e. The van der Waals surface area contributed by atoms with Crippen molar-refractivity contribution in [3.63, 3.8) is 0 Å². The Morgan fingerprint density at radius 1 is 1.26 bits per heavy atom. The van der Waals surface area contributed by atoms with Crippen LogP contribution in [0.3, 0.4) is 0 Å². The molecule has 31 heavy (non-hydrogen) atoms. The minimum Gasteiger partial charge on any atom is -0.356 e. The third-order valence-corrected chi connectivity index (χ3v) is 5.37. The number of hydrogen-bond donors (Lipinski definition) is 1. The second kappa shape index (κ2) is 8.52. The molecule has 2 heterocycles. The molecule has 0 radical (unpaired) electrons. The number of amides is 1. The lowest BCUT2D eigenvalue weighted by Gasteiger charge is -2.23. The minimum absolute atomic E-state index is 0.0117. The smallest absolute Gasteiger partial charge is 0.224 e. The Bertz CT molecular complexity index is 1140. The van der Waals surface area contributed by atoms with Gasteiger partial charge in [0.05, 0.1) is 17.1 Å². The molecule has 0 bridgehead atoms. The van der Waals surface area contributed by atoms with Crippen molar-refractivity contribution >= 4 is 22.5 Å². The molecular weight excluding hydrogens is 388 g/mol. The number of fused-ring (bicyclic) bond motifs is 1. The summed E-state index contributed by atoms with van der Waals surface area (Å²) in [6.45, 7) is 6.86. The predicted molar refractivity (Wildman–Crippen MR) is 121 cm³/mol. The van der Waals surface area contributed by atoms with Crippen LogP contribution in [0.1, 0.15) is 58.2 Å². The molecule has 0 saturated carbocycles. The van der Waals surface area contributed by atoms with Crippen molar-refractivity contribution in [3.05, 3.63) is 48.0 Å². The topological polar surface area (TPSA) is 79.9 Å². The highest BCUT2D eigenvalue weighted by atomic mass is 16.5. The SMILES string of the molecule is CC(C)(C)CC(=O)Nc1cccc(-c2nn(C3CCCCO3)c3ccc(C#N)cc23)c1. The van der Waals surface area contributed by atoms with E-state index < -0.39 is 0 Å². The van der Waals surface area contributed by atoms with Crippen molar-refractivity contribution in [3.8, 4) is 17.3 Å². The van der Waals surface area contributed by atoms with Crippen LogP contribution in [0.2, 0.25) is 0 Å². The van der Waals surface area contributed by atoms with Gasteiger partial charge in [0.2, 0.25) is 5.91 Å². The molecule has 6 heteroatoms. The van der Waals surface area contributed by atoms with Crippen molar-refractivity contribution in [2.45, 2.75) is 52.7 Å². The van der Waals surface area contributed by atoms with Crippen molar-refractivity contribution < 1.29 is 9.53 Å². The van der Waals surface area contributed by atoms with Gasteiger partial charge >= 0.3 is 0 Å². The summed E-state index contributed by atoms with van der Waals surface area (Å²) in [6.07, 6.45) is 3.43. The minimum atomic E-state index is -0.104. The van der Waals surface area contributed by atoms with Gasteiger partial charge in [-0.1, -0.05) is 32.9 Å². The zero-order chi connectivity index (χ0) is 22.0. The first-order valence-corrected chi connectivity index (χ1v) is 10.8. The first-order valence-electron chi connectivity index (χ1n) is 10.8. The van der Waals surface area contributed by atoms with Crippen LogP contribution in [-0.4, -0.2) is 22.3 Å². The molecule has 6 nitrogen and oxygen atoms in total. The molecule has 1 amide bonds. The molecular formula is C25H28N4O2. The van der Waals surface area contributed by atoms with Gasteiger partial charge in [-0.25, -0.2) is 4.68 Å². The first kappa shape index (κ1) is 21.1. The second-order valence-electron chi connectivity index (χ2n) is 9.32. The van der Waals surface area contributed by atoms with Gasteiger partial charge in [-0.2, -0.15) is 10.4 Å². The number of nitrogens with zero attached hydrogens (tertiary/aromatic N) is 3. The van der Waals surface area contributed by atoms with Crippen molar-refractivity contribution in [1.29, 1.82) is 5.26 Å². The van der Waals surface area contributed by atoms with E-state index in [0.29, 0.717) is 12.0 Å². The van der Waals surface area contributed by atoms with Crippen molar-refractivity contribution in [1.82, 2.24) is 9.78 Å².